The third-order valence-electron chi connectivity index (χ3n) is 48.7. The Morgan fingerprint density at radius 1 is 0.265 bits per heavy atom. The van der Waals surface area contributed by atoms with E-state index in [9.17, 15) is 0 Å². The van der Waals surface area contributed by atoms with E-state index in [2.05, 4.69) is 206 Å². The lowest BCUT2D eigenvalue weighted by Gasteiger charge is -3.09. The highest BCUT2D eigenvalue weighted by atomic mass is 16.6. The van der Waals surface area contributed by atoms with Crippen molar-refractivity contribution in [3.8, 4) is 0 Å². The van der Waals surface area contributed by atoms with Gasteiger partial charge in [0.1, 0.15) is 0 Å². The van der Waals surface area contributed by atoms with Crippen LogP contribution in [0.4, 0.5) is 0 Å². The number of ether oxygens (including phenoxy) is 6. The summed E-state index contributed by atoms with van der Waals surface area (Å²) in [4.78, 5) is 2.62. The van der Waals surface area contributed by atoms with Crippen LogP contribution in [-0.2, 0) is 28.4 Å². The van der Waals surface area contributed by atoms with Crippen LogP contribution in [0, 0.1) is 170 Å². The number of hydrogen-bond donors (Lipinski definition) is 0. The van der Waals surface area contributed by atoms with Crippen LogP contribution in [0.2, 0.25) is 0 Å². The van der Waals surface area contributed by atoms with E-state index < -0.39 is 0 Å². The Balaban J connectivity index is 0.000000106. The maximum Gasteiger partial charge on any atom is 0.0870 e. The van der Waals surface area contributed by atoms with E-state index in [-0.39, 0.29) is 22.2 Å². The molecule has 15 aliphatic heterocycles. The summed E-state index contributed by atoms with van der Waals surface area (Å²) < 4.78 is 36.1. The predicted octanol–water partition coefficient (Wildman–Crippen LogP) is 34.9. The summed E-state index contributed by atoms with van der Waals surface area (Å²) in [5, 5.41) is 0. The van der Waals surface area contributed by atoms with Crippen molar-refractivity contribution >= 4 is 0 Å². The van der Waals surface area contributed by atoms with Gasteiger partial charge < -0.3 is 33.3 Å². The molecule has 15 saturated heterocycles. The van der Waals surface area contributed by atoms with Crippen molar-refractivity contribution in [2.24, 2.45) is 170 Å². The van der Waals surface area contributed by atoms with Gasteiger partial charge in [0.25, 0.3) is 0 Å². The van der Waals surface area contributed by atoms with Crippen LogP contribution in [0.3, 0.4) is 0 Å². The third kappa shape index (κ3) is 19.4. The van der Waals surface area contributed by atoms with Crippen molar-refractivity contribution in [2.45, 2.75) is 587 Å². The second kappa shape index (κ2) is 38.6. The summed E-state index contributed by atoms with van der Waals surface area (Å²) in [6.07, 6.45) is 76.0. The minimum atomic E-state index is 0.128. The van der Waals surface area contributed by atoms with Crippen LogP contribution in [0.1, 0.15) is 528 Å². The molecule has 33 rings (SSSR count). The molecule has 762 valence electrons. The lowest BCUT2D eigenvalue weighted by molar-refractivity contribution is -0.634. The van der Waals surface area contributed by atoms with Gasteiger partial charge in [0, 0.05) is 19.3 Å². The van der Waals surface area contributed by atoms with Crippen LogP contribution in [-0.4, -0.2) is 96.8 Å². The standard InChI is InChI=1S/C13H24.C12H16.2C12H22.C11H21N.C11H18O2.3C11H20O.C11H20.C10H18O/c1-12(2,3)13-8-4-6-11(10-13)7-5-9-13;1-11(2,3)12-8-5-4-6(8)10(12)7(4)9(5)12;1-11(2,3)12-7-4-10(5-8-12)6-9-12;1-10(2)12-7-3-4-11(5-8-12)6-9-12;1-10(2,3)11-4-7-12(8-5-11)9-6-11;1-10(2,3)11-5-7-4-8(13-11)9(6-11)12-7;1-10(2,3)11-6-4-9(5-7-11)12-8-11;1-10(2,3)11-6-4-9(5-7-11)8-12-11;1-9(2)11-7-3-5-10(12-11)6-4-8-11;1-9(2)11-6-3-4-10(8-11)5-7-11;1-8(2)10-6-3-4-9(11-10)5-7-10/h11H,4-10H2,1-3H3;4-10H,1-3H3;10H,4-9H2,1-3H3;10-11H,3-9H2,1-2H3;4-9H2,1-3H3;7-9H,4-6H2,1-3H3;2*9H,4-8H2,1-3H3;9-10H,3-8H2,1-2H3;9-10H,3-8H2,1-2H3;8-9H,3-7H2,1-2H3. The number of hydrogen-bond acceptors (Lipinski definition) is 7. The lowest BCUT2D eigenvalue weighted by Crippen LogP contribution is -3.07. The van der Waals surface area contributed by atoms with Gasteiger partial charge in [-0.05, 0) is 447 Å². The molecule has 8 unspecified atom stereocenters. The van der Waals surface area contributed by atoms with E-state index in [4.69, 9.17) is 28.4 Å². The highest BCUT2D eigenvalue weighted by Gasteiger charge is 3.05. The number of piperidine rings is 3. The molecule has 8 atom stereocenters. The van der Waals surface area contributed by atoms with E-state index in [1.165, 1.54) is 363 Å². The largest absolute Gasteiger partial charge is 0.378 e. The first-order chi connectivity index (χ1) is 61.7. The molecule has 18 aliphatic carbocycles. The second-order valence-electron chi connectivity index (χ2n) is 61.5. The zero-order chi connectivity index (χ0) is 95.1. The van der Waals surface area contributed by atoms with Crippen molar-refractivity contribution in [1.29, 1.82) is 0 Å². The summed E-state index contributed by atoms with van der Waals surface area (Å²) in [6.45, 7) is 75.4. The Bertz CT molecular complexity index is 3280. The Morgan fingerprint density at radius 3 is 1.02 bits per heavy atom. The Morgan fingerprint density at radius 2 is 0.659 bits per heavy atom. The summed E-state index contributed by atoms with van der Waals surface area (Å²) in [7, 11) is 0. The molecule has 7 heteroatoms. The van der Waals surface area contributed by atoms with Crippen LogP contribution in [0.25, 0.3) is 0 Å². The van der Waals surface area contributed by atoms with Gasteiger partial charge in [0.05, 0.1) is 72.2 Å². The molecule has 7 nitrogen and oxygen atoms in total. The normalized spacial score (nSPS) is 46.8. The van der Waals surface area contributed by atoms with Gasteiger partial charge in [-0.2, -0.15) is 0 Å². The molecule has 33 fully saturated rings. The van der Waals surface area contributed by atoms with Crippen LogP contribution in [0.5, 0.6) is 0 Å². The quantitative estimate of drug-likeness (QED) is 0.278. The molecular weight excluding hydrogens is 1610 g/mol. The minimum Gasteiger partial charge on any atom is -0.378 e. The van der Waals surface area contributed by atoms with Gasteiger partial charge in [0.15, 0.2) is 0 Å². The number of rotatable bonds is 4. The van der Waals surface area contributed by atoms with Crippen LogP contribution < -0.4 is 0 Å². The van der Waals surface area contributed by atoms with Crippen LogP contribution in [0.15, 0.2) is 0 Å². The molecule has 0 radical (unpaired) electrons. The molecule has 0 aromatic carbocycles. The highest BCUT2D eigenvalue weighted by molar-refractivity contribution is 5.51. The third-order valence-corrected chi connectivity index (χ3v) is 48.7. The summed E-state index contributed by atoms with van der Waals surface area (Å²) in [6, 6.07) is 0. The van der Waals surface area contributed by atoms with E-state index in [1.54, 1.807) is 6.42 Å². The number of nitrogens with zero attached hydrogens (tertiary/aromatic N) is 1. The zero-order valence-electron chi connectivity index (χ0n) is 93.2. The van der Waals surface area contributed by atoms with Crippen molar-refractivity contribution in [1.82, 2.24) is 4.90 Å². The second-order valence-corrected chi connectivity index (χ2v) is 61.5. The first kappa shape index (κ1) is 105. The summed E-state index contributed by atoms with van der Waals surface area (Å²) in [5.41, 5.74) is 9.32. The smallest absolute Gasteiger partial charge is 0.0870 e. The molecule has 0 aromatic heterocycles. The van der Waals surface area contributed by atoms with Gasteiger partial charge in [-0.1, -0.05) is 252 Å². The summed E-state index contributed by atoms with van der Waals surface area (Å²) in [5.74, 6) is 17.4. The highest BCUT2D eigenvalue weighted by Crippen LogP contribution is 3.08. The molecule has 0 amide bonds. The Hall–Kier alpha value is -0.280. The maximum atomic E-state index is 6.18. The van der Waals surface area contributed by atoms with E-state index in [1.807, 2.05) is 0 Å². The molecule has 0 aromatic rings. The first-order valence-corrected chi connectivity index (χ1v) is 59.4. The van der Waals surface area contributed by atoms with Gasteiger partial charge in [-0.3, -0.25) is 0 Å². The molecule has 0 spiro atoms. The minimum absolute atomic E-state index is 0.128. The van der Waals surface area contributed by atoms with Gasteiger partial charge in [-0.25, -0.2) is 0 Å². The fraction of sp³-hybridized carbons (Fsp3) is 1.00. The average molecular weight is 1830 g/mol. The molecule has 22 bridgehead atoms. The number of fused-ring (bicyclic) bond motifs is 24. The molecule has 0 N–H and O–H groups in total. The average Bonchev–Trinajstić information content (AvgIpc) is 0.662. The van der Waals surface area contributed by atoms with Crippen LogP contribution >= 0.6 is 0 Å². The maximum absolute atomic E-state index is 6.18. The molecule has 15 heterocycles. The lowest BCUT2D eigenvalue weighted by atomic mass is 8.94. The molecule has 18 saturated carbocycles. The van der Waals surface area contributed by atoms with E-state index in [0.717, 1.165) is 95.6 Å². The topological polar surface area (TPSA) is 58.6 Å². The van der Waals surface area contributed by atoms with Crippen molar-refractivity contribution < 1.29 is 28.4 Å². The van der Waals surface area contributed by atoms with Crippen molar-refractivity contribution in [2.75, 3.05) is 32.8 Å². The van der Waals surface area contributed by atoms with E-state index >= 15 is 0 Å². The fourth-order valence-corrected chi connectivity index (χ4v) is 37.7. The van der Waals surface area contributed by atoms with Gasteiger partial charge in [0.2, 0.25) is 0 Å². The van der Waals surface area contributed by atoms with Gasteiger partial charge in [-0.15, -0.1) is 0 Å². The fourth-order valence-electron chi connectivity index (χ4n) is 37.7. The van der Waals surface area contributed by atoms with Crippen molar-refractivity contribution in [3.63, 3.8) is 0 Å². The van der Waals surface area contributed by atoms with E-state index in [0.29, 0.717) is 103 Å². The zero-order valence-corrected chi connectivity index (χ0v) is 93.2. The Labute approximate surface area is 818 Å². The summed E-state index contributed by atoms with van der Waals surface area (Å²) >= 11 is 0. The molecule has 132 heavy (non-hydrogen) atoms. The van der Waals surface area contributed by atoms with Crippen molar-refractivity contribution in [3.05, 3.63) is 0 Å². The predicted molar refractivity (Wildman–Crippen MR) is 556 cm³/mol. The monoisotopic (exact) mass is 1830 g/mol. The Kier molecular flexibility index (Phi) is 30.6. The SMILES string of the molecule is CC(C)(C)C12C3C4C5C3C1C5C42.CC(C)(C)C12CC3CC(O1)C(C2)O3.CC(C)(C)C12CCC(CC1)CC2.CC(C)(C)C12CCC(CC1)CO2.CC(C)(C)C12CCC(CC1)OC2.CC(C)(C)C12CCCC(CCC1)C2.CC(C)(C)C12CCN(CC1)CC2.CC(C)C12CCCC(CC1)C2.CC(C)C12CCCC(CC1)CC2.CC(C)C12CCCC(CC1)O2.CC(C)C12CCCC(CCC1)O2. The van der Waals surface area contributed by atoms with Gasteiger partial charge >= 0.3 is 0 Å². The molecule has 33 aliphatic rings. The molecular formula is C125H221NO6. The first-order valence-electron chi connectivity index (χ1n) is 59.4.